The summed E-state index contributed by atoms with van der Waals surface area (Å²) in [5.41, 5.74) is 4.09. The number of hydrogen-bond acceptors (Lipinski definition) is 3. The fourth-order valence-electron chi connectivity index (χ4n) is 2.75. The maximum absolute atomic E-state index is 9.15. The quantitative estimate of drug-likeness (QED) is 0.498. The molecule has 0 unspecified atom stereocenters. The van der Waals surface area contributed by atoms with E-state index in [4.69, 9.17) is 16.7 Å². The first-order valence-electron chi connectivity index (χ1n) is 7.35. The van der Waals surface area contributed by atoms with E-state index >= 15 is 0 Å². The van der Waals surface area contributed by atoms with Gasteiger partial charge >= 0.3 is 0 Å². The molecule has 24 heavy (non-hydrogen) atoms. The molecule has 0 fully saturated rings. The number of pyridine rings is 1. The zero-order valence-electron chi connectivity index (χ0n) is 13.5. The van der Waals surface area contributed by atoms with Crippen molar-refractivity contribution in [3.05, 3.63) is 64.8 Å². The van der Waals surface area contributed by atoms with Gasteiger partial charge in [-0.2, -0.15) is 0 Å². The molecule has 0 saturated carbocycles. The van der Waals surface area contributed by atoms with Gasteiger partial charge in [0.05, 0.1) is 17.3 Å². The van der Waals surface area contributed by atoms with Gasteiger partial charge in [-0.3, -0.25) is 0 Å². The Hall–Kier alpha value is -0.940. The normalized spacial score (nSPS) is 11.0. The predicted molar refractivity (Wildman–Crippen MR) is 104 cm³/mol. The summed E-state index contributed by atoms with van der Waals surface area (Å²) in [4.78, 5) is 5.62. The van der Waals surface area contributed by atoms with Crippen molar-refractivity contribution >= 4 is 72.8 Å². The average molecular weight is 363 g/mol. The van der Waals surface area contributed by atoms with Crippen LogP contribution in [0, 0.1) is 6.92 Å². The molecule has 0 bridgehead atoms. The molecule has 0 amide bonds. The first-order valence-corrected chi connectivity index (χ1v) is 8.55. The molecule has 0 saturated heterocycles. The number of aryl methyl sites for hydroxylation is 1. The van der Waals surface area contributed by atoms with Gasteiger partial charge in [-0.15, -0.1) is 11.3 Å². The summed E-state index contributed by atoms with van der Waals surface area (Å²) in [6, 6.07) is 16.4. The van der Waals surface area contributed by atoms with Gasteiger partial charge in [-0.25, -0.2) is 4.98 Å². The van der Waals surface area contributed by atoms with Gasteiger partial charge in [-0.05, 0) is 35.7 Å². The van der Waals surface area contributed by atoms with Crippen molar-refractivity contribution in [2.45, 2.75) is 13.5 Å². The zero-order chi connectivity index (χ0) is 16.0. The summed E-state index contributed by atoms with van der Waals surface area (Å²) in [6.07, 6.45) is 0. The number of hydrogen-bond donors (Lipinski definition) is 1. The van der Waals surface area contributed by atoms with Crippen LogP contribution in [0.15, 0.2) is 48.5 Å². The summed E-state index contributed by atoms with van der Waals surface area (Å²) in [7, 11) is 0. The van der Waals surface area contributed by atoms with Crippen molar-refractivity contribution in [3.8, 4) is 11.1 Å². The van der Waals surface area contributed by atoms with Gasteiger partial charge < -0.3 is 5.11 Å². The van der Waals surface area contributed by atoms with E-state index in [1.165, 1.54) is 10.1 Å². The van der Waals surface area contributed by atoms with E-state index < -0.39 is 0 Å². The van der Waals surface area contributed by atoms with Crippen LogP contribution in [0.3, 0.4) is 0 Å². The topological polar surface area (TPSA) is 33.1 Å². The van der Waals surface area contributed by atoms with Crippen molar-refractivity contribution in [3.63, 3.8) is 0 Å². The van der Waals surface area contributed by atoms with Gasteiger partial charge in [0.25, 0.3) is 0 Å². The molecular weight excluding hydrogens is 349 g/mol. The number of rotatable bonds is 2. The van der Waals surface area contributed by atoms with E-state index in [-0.39, 0.29) is 36.2 Å². The van der Waals surface area contributed by atoms with Crippen molar-refractivity contribution < 1.29 is 5.11 Å². The standard InChI is InChI=1S/C19H14ClNOS.Na/c1-11-17(20)9-16-15-7-6-14(8-18(15)23-19(16)21-11)13-4-2-12(10-22)3-5-13;/h2-9,22H,10H2,1H3;. The van der Waals surface area contributed by atoms with Crippen LogP contribution >= 0.6 is 22.9 Å². The third-order valence-electron chi connectivity index (χ3n) is 4.06. The summed E-state index contributed by atoms with van der Waals surface area (Å²) < 4.78 is 1.21. The number of aromatic nitrogens is 1. The monoisotopic (exact) mass is 362 g/mol. The molecule has 2 nitrogen and oxygen atoms in total. The first-order chi connectivity index (χ1) is 11.2. The molecule has 2 heterocycles. The van der Waals surface area contributed by atoms with Gasteiger partial charge in [-0.1, -0.05) is 48.0 Å². The Balaban J connectivity index is 0.00000169. The minimum atomic E-state index is 0. The van der Waals surface area contributed by atoms with Crippen LogP contribution < -0.4 is 0 Å². The van der Waals surface area contributed by atoms with E-state index in [9.17, 15) is 0 Å². The number of nitrogens with zero attached hydrogens (tertiary/aromatic N) is 1. The number of aliphatic hydroxyl groups excluding tert-OH is 1. The van der Waals surface area contributed by atoms with Crippen molar-refractivity contribution in [1.29, 1.82) is 0 Å². The fourth-order valence-corrected chi connectivity index (χ4v) is 4.04. The zero-order valence-corrected chi connectivity index (χ0v) is 17.1. The van der Waals surface area contributed by atoms with E-state index in [2.05, 4.69) is 23.2 Å². The molecule has 115 valence electrons. The smallest absolute Gasteiger partial charge is 0.124 e. The minimum Gasteiger partial charge on any atom is -0.392 e. The van der Waals surface area contributed by atoms with Crippen LogP contribution in [0.1, 0.15) is 11.3 Å². The van der Waals surface area contributed by atoms with Gasteiger partial charge in [0.2, 0.25) is 0 Å². The van der Waals surface area contributed by atoms with E-state index in [0.29, 0.717) is 5.02 Å². The number of fused-ring (bicyclic) bond motifs is 3. The Morgan fingerprint density at radius 3 is 2.42 bits per heavy atom. The first kappa shape index (κ1) is 17.9. The maximum atomic E-state index is 9.15. The van der Waals surface area contributed by atoms with Crippen LogP contribution in [0.4, 0.5) is 0 Å². The molecule has 4 rings (SSSR count). The number of aliphatic hydroxyl groups is 1. The second-order valence-corrected chi connectivity index (χ2v) is 7.01. The van der Waals surface area contributed by atoms with E-state index in [0.717, 1.165) is 32.6 Å². The molecule has 0 aliphatic rings. The number of benzene rings is 2. The molecule has 0 aliphatic heterocycles. The molecule has 4 aromatic rings. The van der Waals surface area contributed by atoms with Gasteiger partial charge in [0.15, 0.2) is 0 Å². The van der Waals surface area contributed by atoms with Crippen molar-refractivity contribution in [2.75, 3.05) is 0 Å². The maximum Gasteiger partial charge on any atom is 0.124 e. The summed E-state index contributed by atoms with van der Waals surface area (Å²) in [5.74, 6) is 0. The Labute approximate surface area is 171 Å². The van der Waals surface area contributed by atoms with E-state index in [1.807, 2.05) is 37.3 Å². The van der Waals surface area contributed by atoms with Crippen LogP contribution in [0.2, 0.25) is 5.02 Å². The molecule has 1 N–H and O–H groups in total. The Bertz CT molecular complexity index is 1030. The summed E-state index contributed by atoms with van der Waals surface area (Å²) in [5, 5.41) is 12.2. The van der Waals surface area contributed by atoms with E-state index in [1.54, 1.807) is 11.3 Å². The summed E-state index contributed by atoms with van der Waals surface area (Å²) in [6.45, 7) is 2.00. The molecule has 2 aromatic carbocycles. The third kappa shape index (κ3) is 3.13. The molecule has 0 atom stereocenters. The SMILES string of the molecule is Cc1nc2sc3cc(-c4ccc(CO)cc4)ccc3c2cc1Cl.[Na]. The molecular formula is C19H14ClNNaOS. The Morgan fingerprint density at radius 1 is 1.00 bits per heavy atom. The predicted octanol–water partition coefficient (Wildman–Crippen LogP) is 5.19. The minimum absolute atomic E-state index is 0. The molecule has 1 radical (unpaired) electrons. The third-order valence-corrected chi connectivity index (χ3v) is 5.51. The molecule has 2 aromatic heterocycles. The van der Waals surface area contributed by atoms with Crippen molar-refractivity contribution in [2.24, 2.45) is 0 Å². The number of thiophene rings is 1. The molecule has 0 aliphatic carbocycles. The van der Waals surface area contributed by atoms with Gasteiger partial charge in [0, 0.05) is 45.0 Å². The summed E-state index contributed by atoms with van der Waals surface area (Å²) >= 11 is 7.91. The number of halogens is 1. The Morgan fingerprint density at radius 2 is 1.71 bits per heavy atom. The fraction of sp³-hybridized carbons (Fsp3) is 0.105. The van der Waals surface area contributed by atoms with Crippen LogP contribution in [-0.2, 0) is 6.61 Å². The van der Waals surface area contributed by atoms with Gasteiger partial charge in [0.1, 0.15) is 4.83 Å². The van der Waals surface area contributed by atoms with Crippen LogP contribution in [0.5, 0.6) is 0 Å². The second kappa shape index (κ2) is 7.12. The van der Waals surface area contributed by atoms with Crippen LogP contribution in [0.25, 0.3) is 31.4 Å². The van der Waals surface area contributed by atoms with Crippen LogP contribution in [-0.4, -0.2) is 39.6 Å². The second-order valence-electron chi connectivity index (χ2n) is 5.58. The Kier molecular flexibility index (Phi) is 5.30. The largest absolute Gasteiger partial charge is 0.392 e. The average Bonchev–Trinajstić information content (AvgIpc) is 2.92. The molecule has 0 spiro atoms. The van der Waals surface area contributed by atoms with Crippen molar-refractivity contribution in [1.82, 2.24) is 4.98 Å². The molecule has 5 heteroatoms.